The molecule has 0 amide bonds. The van der Waals surface area contributed by atoms with Crippen LogP contribution in [0.1, 0.15) is 24.6 Å². The number of hydrogen-bond donors (Lipinski definition) is 1. The van der Waals surface area contributed by atoms with Crippen molar-refractivity contribution < 1.29 is 9.53 Å². The Labute approximate surface area is 130 Å². The van der Waals surface area contributed by atoms with E-state index < -0.39 is 0 Å². The average molecular weight is 303 g/mol. The van der Waals surface area contributed by atoms with Crippen LogP contribution in [0.2, 0.25) is 0 Å². The normalized spacial score (nSPS) is 10.5. The molecule has 0 aliphatic carbocycles. The molecule has 0 saturated heterocycles. The number of nitrogens with one attached hydrogen (secondary N) is 1. The molecule has 21 heavy (non-hydrogen) atoms. The molecule has 0 spiro atoms. The van der Waals surface area contributed by atoms with Gasteiger partial charge in [-0.05, 0) is 42.5 Å². The first-order valence-corrected chi connectivity index (χ1v) is 8.16. The smallest absolute Gasteiger partial charge is 0.305 e. The van der Waals surface area contributed by atoms with Crippen LogP contribution in [-0.2, 0) is 16.1 Å². The Morgan fingerprint density at radius 1 is 1.24 bits per heavy atom. The highest BCUT2D eigenvalue weighted by Crippen LogP contribution is 2.25. The van der Waals surface area contributed by atoms with Crippen LogP contribution in [-0.4, -0.2) is 19.1 Å². The largest absolute Gasteiger partial charge is 0.466 e. The van der Waals surface area contributed by atoms with Gasteiger partial charge in [-0.25, -0.2) is 0 Å². The molecule has 1 aromatic carbocycles. The molecule has 0 fully saturated rings. The Hall–Kier alpha value is -1.65. The molecule has 112 valence electrons. The van der Waals surface area contributed by atoms with Crippen molar-refractivity contribution in [3.63, 3.8) is 0 Å². The standard InChI is InChI=1S/C17H21NO2S/c1-2-20-17(19)9-6-10-18-12-16-11-15(13-21-16)14-7-4-3-5-8-14/h3-5,7-8,11,13,18H,2,6,9-10,12H2,1H3. The van der Waals surface area contributed by atoms with E-state index in [9.17, 15) is 4.79 Å². The molecule has 2 rings (SSSR count). The molecule has 1 heterocycles. The monoisotopic (exact) mass is 303 g/mol. The highest BCUT2D eigenvalue weighted by Gasteiger charge is 2.03. The van der Waals surface area contributed by atoms with Crippen LogP contribution >= 0.6 is 11.3 Å². The summed E-state index contributed by atoms with van der Waals surface area (Å²) in [4.78, 5) is 12.5. The molecule has 0 unspecified atom stereocenters. The van der Waals surface area contributed by atoms with Crippen LogP contribution in [0.3, 0.4) is 0 Å². The predicted octanol–water partition coefficient (Wildman–Crippen LogP) is 3.85. The van der Waals surface area contributed by atoms with Crippen molar-refractivity contribution in [2.75, 3.05) is 13.2 Å². The molecule has 0 atom stereocenters. The number of esters is 1. The van der Waals surface area contributed by atoms with Gasteiger partial charge >= 0.3 is 5.97 Å². The summed E-state index contributed by atoms with van der Waals surface area (Å²) in [6, 6.07) is 12.6. The summed E-state index contributed by atoms with van der Waals surface area (Å²) >= 11 is 1.76. The zero-order valence-corrected chi connectivity index (χ0v) is 13.1. The van der Waals surface area contributed by atoms with Gasteiger partial charge in [0.1, 0.15) is 0 Å². The van der Waals surface area contributed by atoms with E-state index in [1.807, 2.05) is 13.0 Å². The lowest BCUT2D eigenvalue weighted by atomic mass is 10.1. The Morgan fingerprint density at radius 2 is 2.05 bits per heavy atom. The van der Waals surface area contributed by atoms with Crippen molar-refractivity contribution in [3.05, 3.63) is 46.7 Å². The predicted molar refractivity (Wildman–Crippen MR) is 87.3 cm³/mol. The summed E-state index contributed by atoms with van der Waals surface area (Å²) in [5.74, 6) is -0.109. The van der Waals surface area contributed by atoms with Crippen molar-refractivity contribution in [1.29, 1.82) is 0 Å². The van der Waals surface area contributed by atoms with E-state index >= 15 is 0 Å². The average Bonchev–Trinajstić information content (AvgIpc) is 2.97. The fourth-order valence-electron chi connectivity index (χ4n) is 2.06. The van der Waals surface area contributed by atoms with Crippen molar-refractivity contribution >= 4 is 17.3 Å². The second kappa shape index (κ2) is 8.60. The molecule has 0 saturated carbocycles. The summed E-state index contributed by atoms with van der Waals surface area (Å²) < 4.78 is 4.89. The molecular formula is C17H21NO2S. The van der Waals surface area contributed by atoms with Gasteiger partial charge in [-0.3, -0.25) is 4.79 Å². The molecular weight excluding hydrogens is 282 g/mol. The van der Waals surface area contributed by atoms with E-state index in [1.54, 1.807) is 11.3 Å². The molecule has 0 radical (unpaired) electrons. The van der Waals surface area contributed by atoms with Gasteiger partial charge in [0.15, 0.2) is 0 Å². The van der Waals surface area contributed by atoms with Crippen LogP contribution in [0.25, 0.3) is 11.1 Å². The van der Waals surface area contributed by atoms with E-state index in [2.05, 4.69) is 41.0 Å². The first-order valence-electron chi connectivity index (χ1n) is 7.28. The van der Waals surface area contributed by atoms with Crippen LogP contribution in [0.5, 0.6) is 0 Å². The first kappa shape index (κ1) is 15.7. The summed E-state index contributed by atoms with van der Waals surface area (Å²) in [7, 11) is 0. The topological polar surface area (TPSA) is 38.3 Å². The number of benzene rings is 1. The number of thiophene rings is 1. The number of carbonyl (C=O) groups is 1. The van der Waals surface area contributed by atoms with E-state index in [-0.39, 0.29) is 5.97 Å². The fraction of sp³-hybridized carbons (Fsp3) is 0.353. The number of rotatable bonds is 8. The minimum absolute atomic E-state index is 0.109. The molecule has 0 bridgehead atoms. The van der Waals surface area contributed by atoms with Gasteiger partial charge in [0, 0.05) is 17.8 Å². The molecule has 2 aromatic rings. The van der Waals surface area contributed by atoms with Crippen LogP contribution < -0.4 is 5.32 Å². The van der Waals surface area contributed by atoms with Crippen LogP contribution in [0.4, 0.5) is 0 Å². The number of carbonyl (C=O) groups excluding carboxylic acids is 1. The van der Waals surface area contributed by atoms with Gasteiger partial charge < -0.3 is 10.1 Å². The second-order valence-corrected chi connectivity index (χ2v) is 5.75. The highest BCUT2D eigenvalue weighted by molar-refractivity contribution is 7.10. The number of ether oxygens (including phenoxy) is 1. The Morgan fingerprint density at radius 3 is 2.81 bits per heavy atom. The van der Waals surface area contributed by atoms with E-state index in [1.165, 1.54) is 16.0 Å². The van der Waals surface area contributed by atoms with Gasteiger partial charge in [0.2, 0.25) is 0 Å². The van der Waals surface area contributed by atoms with E-state index in [0.29, 0.717) is 13.0 Å². The maximum atomic E-state index is 11.2. The zero-order chi connectivity index (χ0) is 14.9. The van der Waals surface area contributed by atoms with Crippen LogP contribution in [0, 0.1) is 0 Å². The third-order valence-electron chi connectivity index (χ3n) is 3.10. The van der Waals surface area contributed by atoms with Gasteiger partial charge in [0.05, 0.1) is 6.61 Å². The number of hydrogen-bond acceptors (Lipinski definition) is 4. The van der Waals surface area contributed by atoms with Gasteiger partial charge in [-0.15, -0.1) is 11.3 Å². The Bertz CT molecular complexity index is 551. The van der Waals surface area contributed by atoms with Gasteiger partial charge in [-0.1, -0.05) is 30.3 Å². The quantitative estimate of drug-likeness (QED) is 0.594. The highest BCUT2D eigenvalue weighted by atomic mass is 32.1. The summed E-state index contributed by atoms with van der Waals surface area (Å²) in [5.41, 5.74) is 2.52. The van der Waals surface area contributed by atoms with E-state index in [0.717, 1.165) is 19.5 Å². The maximum Gasteiger partial charge on any atom is 0.305 e. The minimum Gasteiger partial charge on any atom is -0.466 e. The summed E-state index contributed by atoms with van der Waals surface area (Å²) in [5, 5.41) is 5.55. The van der Waals surface area contributed by atoms with Crippen molar-refractivity contribution in [1.82, 2.24) is 5.32 Å². The Balaban J connectivity index is 1.70. The summed E-state index contributed by atoms with van der Waals surface area (Å²) in [6.07, 6.45) is 1.30. The molecule has 1 N–H and O–H groups in total. The third kappa shape index (κ3) is 5.33. The summed E-state index contributed by atoms with van der Waals surface area (Å²) in [6.45, 7) is 3.97. The molecule has 4 heteroatoms. The second-order valence-electron chi connectivity index (χ2n) is 4.75. The maximum absolute atomic E-state index is 11.2. The zero-order valence-electron chi connectivity index (χ0n) is 12.3. The molecule has 1 aromatic heterocycles. The molecule has 3 nitrogen and oxygen atoms in total. The fourth-order valence-corrected chi connectivity index (χ4v) is 2.92. The van der Waals surface area contributed by atoms with Gasteiger partial charge in [-0.2, -0.15) is 0 Å². The van der Waals surface area contributed by atoms with Crippen molar-refractivity contribution in [2.24, 2.45) is 0 Å². The molecule has 0 aliphatic rings. The first-order chi connectivity index (χ1) is 10.3. The SMILES string of the molecule is CCOC(=O)CCCNCc1cc(-c2ccccc2)cs1. The lowest BCUT2D eigenvalue weighted by molar-refractivity contribution is -0.143. The van der Waals surface area contributed by atoms with Gasteiger partial charge in [0.25, 0.3) is 0 Å². The third-order valence-corrected chi connectivity index (χ3v) is 4.04. The van der Waals surface area contributed by atoms with Crippen molar-refractivity contribution in [2.45, 2.75) is 26.3 Å². The van der Waals surface area contributed by atoms with E-state index in [4.69, 9.17) is 4.74 Å². The minimum atomic E-state index is -0.109. The lowest BCUT2D eigenvalue weighted by Gasteiger charge is -2.03. The van der Waals surface area contributed by atoms with Crippen molar-refractivity contribution in [3.8, 4) is 11.1 Å². The molecule has 0 aliphatic heterocycles. The Kier molecular flexibility index (Phi) is 6.44. The lowest BCUT2D eigenvalue weighted by Crippen LogP contribution is -2.15. The van der Waals surface area contributed by atoms with Crippen LogP contribution in [0.15, 0.2) is 41.8 Å².